The highest BCUT2D eigenvalue weighted by Gasteiger charge is 2.02. The van der Waals surface area contributed by atoms with E-state index >= 15 is 0 Å². The van der Waals surface area contributed by atoms with Crippen LogP contribution in [-0.2, 0) is 6.54 Å². The Hall–Kier alpha value is -2.65. The monoisotopic (exact) mass is 284 g/mol. The molecule has 6 heteroatoms. The fourth-order valence-electron chi connectivity index (χ4n) is 1.75. The largest absolute Gasteiger partial charge is 0.492 e. The molecule has 0 bridgehead atoms. The summed E-state index contributed by atoms with van der Waals surface area (Å²) in [7, 11) is 0. The highest BCUT2D eigenvalue weighted by Crippen LogP contribution is 2.06. The van der Waals surface area contributed by atoms with Gasteiger partial charge in [0, 0.05) is 6.07 Å². The van der Waals surface area contributed by atoms with Gasteiger partial charge in [0.2, 0.25) is 0 Å². The quantitative estimate of drug-likeness (QED) is 0.795. The maximum atomic E-state index is 11.9. The van der Waals surface area contributed by atoms with Gasteiger partial charge >= 0.3 is 0 Å². The molecule has 0 aliphatic heterocycles. The van der Waals surface area contributed by atoms with Crippen LogP contribution in [0, 0.1) is 11.3 Å². The van der Waals surface area contributed by atoms with Crippen molar-refractivity contribution in [3.05, 3.63) is 58.0 Å². The van der Waals surface area contributed by atoms with Crippen LogP contribution in [-0.4, -0.2) is 22.9 Å². The van der Waals surface area contributed by atoms with E-state index in [0.29, 0.717) is 31.0 Å². The lowest BCUT2D eigenvalue weighted by atomic mass is 10.1. The molecule has 2 aromatic rings. The van der Waals surface area contributed by atoms with E-state index in [1.807, 2.05) is 0 Å². The number of hydrogen-bond donors (Lipinski definition) is 1. The average molecular weight is 284 g/mol. The van der Waals surface area contributed by atoms with E-state index in [1.54, 1.807) is 24.3 Å². The van der Waals surface area contributed by atoms with Crippen molar-refractivity contribution in [3.63, 3.8) is 0 Å². The summed E-state index contributed by atoms with van der Waals surface area (Å²) in [4.78, 5) is 11.9. The first-order chi connectivity index (χ1) is 10.2. The van der Waals surface area contributed by atoms with Crippen molar-refractivity contribution in [2.75, 3.05) is 13.2 Å². The summed E-state index contributed by atoms with van der Waals surface area (Å²) in [5.41, 5.74) is 6.63. The molecule has 21 heavy (non-hydrogen) atoms. The number of nitriles is 1. The summed E-state index contributed by atoms with van der Waals surface area (Å²) >= 11 is 0. The first-order valence-corrected chi connectivity index (χ1v) is 6.62. The highest BCUT2D eigenvalue weighted by molar-refractivity contribution is 5.31. The lowest BCUT2D eigenvalue weighted by Gasteiger charge is -2.07. The third-order valence-electron chi connectivity index (χ3n) is 2.88. The molecule has 0 unspecified atom stereocenters. The van der Waals surface area contributed by atoms with E-state index in [-0.39, 0.29) is 5.56 Å². The zero-order valence-electron chi connectivity index (χ0n) is 11.5. The van der Waals surface area contributed by atoms with Gasteiger partial charge in [-0.2, -0.15) is 10.4 Å². The Balaban J connectivity index is 2.06. The molecule has 0 radical (unpaired) electrons. The zero-order chi connectivity index (χ0) is 15.1. The van der Waals surface area contributed by atoms with Gasteiger partial charge < -0.3 is 10.5 Å². The molecule has 2 N–H and O–H groups in total. The third kappa shape index (κ3) is 4.16. The number of nitrogens with zero attached hydrogens (tertiary/aromatic N) is 3. The molecular formula is C15H16N4O2. The van der Waals surface area contributed by atoms with Crippen LogP contribution in [0.15, 0.2) is 41.3 Å². The number of nitrogens with two attached hydrogens (primary N) is 1. The van der Waals surface area contributed by atoms with Crippen molar-refractivity contribution in [1.29, 1.82) is 5.26 Å². The fourth-order valence-corrected chi connectivity index (χ4v) is 1.75. The van der Waals surface area contributed by atoms with E-state index < -0.39 is 0 Å². The Morgan fingerprint density at radius 3 is 2.71 bits per heavy atom. The topological polar surface area (TPSA) is 93.9 Å². The number of hydrogen-bond acceptors (Lipinski definition) is 5. The van der Waals surface area contributed by atoms with Crippen LogP contribution in [0.2, 0.25) is 0 Å². The summed E-state index contributed by atoms with van der Waals surface area (Å²) < 4.78 is 6.72. The van der Waals surface area contributed by atoms with Crippen LogP contribution in [0.25, 0.3) is 0 Å². The fraction of sp³-hybridized carbons (Fsp3) is 0.267. The van der Waals surface area contributed by atoms with Gasteiger partial charge in [-0.15, -0.1) is 0 Å². The van der Waals surface area contributed by atoms with E-state index in [4.69, 9.17) is 15.7 Å². The summed E-state index contributed by atoms with van der Waals surface area (Å²) in [6, 6.07) is 10.5. The first-order valence-electron chi connectivity index (χ1n) is 6.62. The maximum Gasteiger partial charge on any atom is 0.270 e. The average Bonchev–Trinajstić information content (AvgIpc) is 2.51. The summed E-state index contributed by atoms with van der Waals surface area (Å²) in [5, 5.41) is 12.8. The Kier molecular flexibility index (Phi) is 5.07. The normalized spacial score (nSPS) is 10.1. The van der Waals surface area contributed by atoms with Gasteiger partial charge in [-0.1, -0.05) is 12.1 Å². The molecule has 0 fully saturated rings. The van der Waals surface area contributed by atoms with Gasteiger partial charge in [0.25, 0.3) is 5.56 Å². The molecule has 1 aromatic heterocycles. The Morgan fingerprint density at radius 2 is 2.10 bits per heavy atom. The molecule has 0 atom stereocenters. The van der Waals surface area contributed by atoms with E-state index in [2.05, 4.69) is 11.2 Å². The van der Waals surface area contributed by atoms with Crippen molar-refractivity contribution in [2.45, 2.75) is 13.0 Å². The van der Waals surface area contributed by atoms with Crippen LogP contribution in [0.5, 0.6) is 5.75 Å². The molecule has 108 valence electrons. The molecule has 2 rings (SSSR count). The zero-order valence-corrected chi connectivity index (χ0v) is 11.5. The summed E-state index contributed by atoms with van der Waals surface area (Å²) in [6.45, 7) is 1.37. The number of aromatic nitrogens is 2. The molecule has 0 amide bonds. The van der Waals surface area contributed by atoms with Crippen molar-refractivity contribution < 1.29 is 4.74 Å². The molecule has 0 saturated carbocycles. The van der Waals surface area contributed by atoms with Gasteiger partial charge in [0.1, 0.15) is 5.75 Å². The molecule has 0 aliphatic carbocycles. The third-order valence-corrected chi connectivity index (χ3v) is 2.88. The lowest BCUT2D eigenvalue weighted by Crippen LogP contribution is -2.22. The van der Waals surface area contributed by atoms with Crippen molar-refractivity contribution >= 4 is 0 Å². The standard InChI is InChI=1S/C15H16N4O2/c16-6-1-7-21-14-8-15(20)19(18-10-14)11-13-4-2-12(9-17)3-5-13/h2-5,8,10H,1,6-7,11,16H2. The van der Waals surface area contributed by atoms with Crippen LogP contribution in [0.3, 0.4) is 0 Å². The Bertz CT molecular complexity index is 686. The predicted octanol–water partition coefficient (Wildman–Crippen LogP) is 0.891. The highest BCUT2D eigenvalue weighted by atomic mass is 16.5. The Morgan fingerprint density at radius 1 is 1.33 bits per heavy atom. The van der Waals surface area contributed by atoms with Crippen LogP contribution < -0.4 is 16.0 Å². The second-order valence-corrected chi connectivity index (χ2v) is 4.49. The molecule has 0 aliphatic rings. The van der Waals surface area contributed by atoms with Crippen molar-refractivity contribution in [3.8, 4) is 11.8 Å². The van der Waals surface area contributed by atoms with Gasteiger partial charge in [-0.05, 0) is 30.7 Å². The van der Waals surface area contributed by atoms with E-state index in [9.17, 15) is 4.79 Å². The second kappa shape index (κ2) is 7.22. The summed E-state index contributed by atoms with van der Waals surface area (Å²) in [5.74, 6) is 0.449. The SMILES string of the molecule is N#Cc1ccc(Cn2ncc(OCCCN)cc2=O)cc1. The smallest absolute Gasteiger partial charge is 0.270 e. The molecule has 1 aromatic carbocycles. The van der Waals surface area contributed by atoms with Gasteiger partial charge in [-0.3, -0.25) is 4.79 Å². The molecule has 1 heterocycles. The number of rotatable bonds is 6. The molecular weight excluding hydrogens is 268 g/mol. The maximum absolute atomic E-state index is 11.9. The van der Waals surface area contributed by atoms with E-state index in [1.165, 1.54) is 16.9 Å². The van der Waals surface area contributed by atoms with Gasteiger partial charge in [0.05, 0.1) is 31.0 Å². The van der Waals surface area contributed by atoms with Gasteiger partial charge in [-0.25, -0.2) is 4.68 Å². The van der Waals surface area contributed by atoms with Crippen LogP contribution in [0.1, 0.15) is 17.5 Å². The van der Waals surface area contributed by atoms with Crippen molar-refractivity contribution in [1.82, 2.24) is 9.78 Å². The predicted molar refractivity (Wildman–Crippen MR) is 77.9 cm³/mol. The number of benzene rings is 1. The number of ether oxygens (including phenoxy) is 1. The molecule has 6 nitrogen and oxygen atoms in total. The Labute approximate surface area is 122 Å². The minimum absolute atomic E-state index is 0.232. The molecule has 0 spiro atoms. The van der Waals surface area contributed by atoms with Gasteiger partial charge in [0.15, 0.2) is 0 Å². The minimum atomic E-state index is -0.232. The molecule has 0 saturated heterocycles. The lowest BCUT2D eigenvalue weighted by molar-refractivity contribution is 0.309. The second-order valence-electron chi connectivity index (χ2n) is 4.49. The van der Waals surface area contributed by atoms with Crippen LogP contribution >= 0.6 is 0 Å². The van der Waals surface area contributed by atoms with Crippen molar-refractivity contribution in [2.24, 2.45) is 5.73 Å². The van der Waals surface area contributed by atoms with Crippen LogP contribution in [0.4, 0.5) is 0 Å². The summed E-state index contributed by atoms with van der Waals surface area (Å²) in [6.07, 6.45) is 2.25. The van der Waals surface area contributed by atoms with E-state index in [0.717, 1.165) is 12.0 Å². The minimum Gasteiger partial charge on any atom is -0.492 e. The first kappa shape index (κ1) is 14.8.